The molecule has 0 saturated heterocycles. The normalized spacial score (nSPS) is 13.0. The summed E-state index contributed by atoms with van der Waals surface area (Å²) < 4.78 is 10.7. The molecule has 11 heteroatoms. The van der Waals surface area contributed by atoms with Crippen LogP contribution in [0.4, 0.5) is 0 Å². The highest BCUT2D eigenvalue weighted by atomic mass is 16.5. The molecule has 0 heterocycles. The van der Waals surface area contributed by atoms with Crippen LogP contribution < -0.4 is 25.4 Å². The average Bonchev–Trinajstić information content (AvgIpc) is 3.00. The zero-order chi connectivity index (χ0) is 34.9. The van der Waals surface area contributed by atoms with Gasteiger partial charge in [-0.15, -0.1) is 0 Å². The number of hydrogen-bond acceptors (Lipinski definition) is 7. The van der Waals surface area contributed by atoms with Crippen LogP contribution in [0.25, 0.3) is 0 Å². The van der Waals surface area contributed by atoms with Crippen molar-refractivity contribution in [3.8, 4) is 11.5 Å². The van der Waals surface area contributed by atoms with E-state index in [0.717, 1.165) is 37.7 Å². The second kappa shape index (κ2) is 20.5. The zero-order valence-corrected chi connectivity index (χ0v) is 29.5. The highest BCUT2D eigenvalue weighted by Crippen LogP contribution is 2.26. The van der Waals surface area contributed by atoms with Gasteiger partial charge in [0.2, 0.25) is 23.5 Å². The Morgan fingerprint density at radius 2 is 1.54 bits per heavy atom. The first-order chi connectivity index (χ1) is 21.7. The van der Waals surface area contributed by atoms with Crippen LogP contribution in [0.3, 0.4) is 0 Å². The standard InChI is InChI=1S/C35H58N4O7/c1-10-11-12-13-14-15-16-30(40)37-28(21-24(2)3)33(43)38-35(6,32(42)34(44)36-25(4)5)20-19-31(41)39(7)23-26-17-18-27(45-8)22-29(26)46-9/h17-18,22,24-25,28H,10-16,19-21,23H2,1-9H3,(H,36,44)(H,37,40)(H,38,43)/t28-,35?/m0/s1. The fraction of sp³-hybridized carbons (Fsp3) is 0.686. The van der Waals surface area contributed by atoms with E-state index in [2.05, 4.69) is 22.9 Å². The summed E-state index contributed by atoms with van der Waals surface area (Å²) in [5, 5.41) is 8.19. The van der Waals surface area contributed by atoms with Crippen molar-refractivity contribution < 1.29 is 33.4 Å². The van der Waals surface area contributed by atoms with E-state index < -0.39 is 29.2 Å². The molecule has 3 N–H and O–H groups in total. The second-order valence-electron chi connectivity index (χ2n) is 13.0. The zero-order valence-electron chi connectivity index (χ0n) is 29.5. The summed E-state index contributed by atoms with van der Waals surface area (Å²) in [6.45, 7) is 11.2. The number of benzene rings is 1. The summed E-state index contributed by atoms with van der Waals surface area (Å²) >= 11 is 0. The van der Waals surface area contributed by atoms with Gasteiger partial charge >= 0.3 is 0 Å². The van der Waals surface area contributed by atoms with Crippen LogP contribution in [0.15, 0.2) is 18.2 Å². The molecule has 1 rings (SSSR count). The highest BCUT2D eigenvalue weighted by Gasteiger charge is 2.41. The first-order valence-electron chi connectivity index (χ1n) is 16.6. The summed E-state index contributed by atoms with van der Waals surface area (Å²) in [6.07, 6.45) is 6.62. The van der Waals surface area contributed by atoms with Gasteiger partial charge in [-0.05, 0) is 58.1 Å². The van der Waals surface area contributed by atoms with Crippen molar-refractivity contribution in [1.29, 1.82) is 0 Å². The fourth-order valence-electron chi connectivity index (χ4n) is 5.08. The summed E-state index contributed by atoms with van der Waals surface area (Å²) in [4.78, 5) is 67.5. The first kappa shape index (κ1) is 40.4. The van der Waals surface area contributed by atoms with Crippen molar-refractivity contribution in [2.45, 2.75) is 130 Å². The molecule has 0 spiro atoms. The van der Waals surface area contributed by atoms with Gasteiger partial charge in [-0.2, -0.15) is 0 Å². The van der Waals surface area contributed by atoms with E-state index in [9.17, 15) is 24.0 Å². The van der Waals surface area contributed by atoms with E-state index in [1.165, 1.54) is 25.4 Å². The van der Waals surface area contributed by atoms with E-state index in [-0.39, 0.29) is 43.2 Å². The monoisotopic (exact) mass is 646 g/mol. The van der Waals surface area contributed by atoms with Crippen molar-refractivity contribution in [2.75, 3.05) is 21.3 Å². The minimum atomic E-state index is -1.69. The number of carbonyl (C=O) groups excluding carboxylic acids is 5. The Morgan fingerprint density at radius 1 is 0.891 bits per heavy atom. The third kappa shape index (κ3) is 14.2. The molecule has 1 unspecified atom stereocenters. The lowest BCUT2D eigenvalue weighted by molar-refractivity contribution is -0.144. The van der Waals surface area contributed by atoms with Crippen LogP contribution >= 0.6 is 0 Å². The van der Waals surface area contributed by atoms with Gasteiger partial charge < -0.3 is 30.3 Å². The maximum absolute atomic E-state index is 13.6. The number of Topliss-reactive ketones (excluding diaryl/α,β-unsaturated/α-hetero) is 1. The van der Waals surface area contributed by atoms with Gasteiger partial charge in [0, 0.05) is 44.1 Å². The molecule has 11 nitrogen and oxygen atoms in total. The van der Waals surface area contributed by atoms with Gasteiger partial charge in [0.05, 0.1) is 14.2 Å². The number of methoxy groups -OCH3 is 2. The Morgan fingerprint density at radius 3 is 2.13 bits per heavy atom. The summed E-state index contributed by atoms with van der Waals surface area (Å²) in [5.41, 5.74) is -0.931. The van der Waals surface area contributed by atoms with Crippen LogP contribution in [-0.2, 0) is 30.5 Å². The minimum absolute atomic E-state index is 0.0708. The molecular weight excluding hydrogens is 588 g/mol. The lowest BCUT2D eigenvalue weighted by Gasteiger charge is -2.32. The molecule has 0 fully saturated rings. The molecule has 0 bridgehead atoms. The molecule has 0 saturated carbocycles. The molecule has 260 valence electrons. The number of unbranched alkanes of at least 4 members (excludes halogenated alkanes) is 5. The Kier molecular flexibility index (Phi) is 18.0. The summed E-state index contributed by atoms with van der Waals surface area (Å²) in [6, 6.07) is 4.11. The van der Waals surface area contributed by atoms with E-state index >= 15 is 0 Å². The van der Waals surface area contributed by atoms with Crippen molar-refractivity contribution in [1.82, 2.24) is 20.9 Å². The van der Waals surface area contributed by atoms with Crippen molar-refractivity contribution in [3.05, 3.63) is 23.8 Å². The predicted octanol–water partition coefficient (Wildman–Crippen LogP) is 4.69. The van der Waals surface area contributed by atoms with Gasteiger partial charge in [0.25, 0.3) is 5.91 Å². The molecule has 2 atom stereocenters. The SMILES string of the molecule is CCCCCCCCC(=O)N[C@@H](CC(C)C)C(=O)NC(C)(CCC(=O)N(C)Cc1ccc(OC)cc1OC)C(=O)C(=O)NC(C)C. The van der Waals surface area contributed by atoms with Crippen molar-refractivity contribution >= 4 is 29.4 Å². The van der Waals surface area contributed by atoms with Gasteiger partial charge in [-0.3, -0.25) is 24.0 Å². The van der Waals surface area contributed by atoms with E-state index in [4.69, 9.17) is 9.47 Å². The number of nitrogens with one attached hydrogen (secondary N) is 3. The number of ether oxygens (including phenoxy) is 2. The average molecular weight is 647 g/mol. The number of ketones is 1. The molecule has 1 aromatic carbocycles. The lowest BCUT2D eigenvalue weighted by atomic mass is 9.88. The molecule has 0 aliphatic carbocycles. The molecule has 1 aromatic rings. The van der Waals surface area contributed by atoms with Gasteiger partial charge in [0.15, 0.2) is 0 Å². The maximum Gasteiger partial charge on any atom is 0.290 e. The molecule has 0 aliphatic rings. The van der Waals surface area contributed by atoms with Crippen molar-refractivity contribution in [2.24, 2.45) is 5.92 Å². The Balaban J connectivity index is 3.08. The molecule has 46 heavy (non-hydrogen) atoms. The third-order valence-electron chi connectivity index (χ3n) is 7.81. The minimum Gasteiger partial charge on any atom is -0.497 e. The van der Waals surface area contributed by atoms with Crippen LogP contribution in [0.2, 0.25) is 0 Å². The van der Waals surface area contributed by atoms with E-state index in [1.54, 1.807) is 46.2 Å². The molecule has 4 amide bonds. The predicted molar refractivity (Wildman–Crippen MR) is 179 cm³/mol. The number of hydrogen-bond donors (Lipinski definition) is 3. The molecule has 0 aromatic heterocycles. The number of rotatable bonds is 22. The van der Waals surface area contributed by atoms with Crippen molar-refractivity contribution in [3.63, 3.8) is 0 Å². The van der Waals surface area contributed by atoms with E-state index in [1.807, 2.05) is 13.8 Å². The number of nitrogens with zero attached hydrogens (tertiary/aromatic N) is 1. The topological polar surface area (TPSA) is 143 Å². The molecule has 0 aliphatic heterocycles. The van der Waals surface area contributed by atoms with Gasteiger partial charge in [-0.1, -0.05) is 52.9 Å². The van der Waals surface area contributed by atoms with Gasteiger partial charge in [-0.25, -0.2) is 0 Å². The maximum atomic E-state index is 13.6. The van der Waals surface area contributed by atoms with Crippen LogP contribution in [0, 0.1) is 5.92 Å². The Hall–Kier alpha value is -3.63. The summed E-state index contributed by atoms with van der Waals surface area (Å²) in [5.74, 6) is -1.55. The number of amides is 4. The van der Waals surface area contributed by atoms with Crippen LogP contribution in [0.1, 0.15) is 111 Å². The van der Waals surface area contributed by atoms with Crippen LogP contribution in [0.5, 0.6) is 11.5 Å². The largest absolute Gasteiger partial charge is 0.497 e. The quantitative estimate of drug-likeness (QED) is 0.123. The van der Waals surface area contributed by atoms with Crippen LogP contribution in [-0.4, -0.2) is 73.2 Å². The molecule has 0 radical (unpaired) electrons. The Bertz CT molecular complexity index is 1150. The third-order valence-corrected chi connectivity index (χ3v) is 7.81. The lowest BCUT2D eigenvalue weighted by Crippen LogP contribution is -2.61. The molecular formula is C35H58N4O7. The van der Waals surface area contributed by atoms with Gasteiger partial charge in [0.1, 0.15) is 23.1 Å². The first-order valence-corrected chi connectivity index (χ1v) is 16.6. The Labute approximate surface area is 275 Å². The summed E-state index contributed by atoms with van der Waals surface area (Å²) in [7, 11) is 4.72. The van der Waals surface area contributed by atoms with E-state index in [0.29, 0.717) is 24.3 Å². The highest BCUT2D eigenvalue weighted by molar-refractivity contribution is 6.40. The fourth-order valence-corrected chi connectivity index (χ4v) is 5.08. The smallest absolute Gasteiger partial charge is 0.290 e. The second-order valence-corrected chi connectivity index (χ2v) is 13.0. The number of carbonyl (C=O) groups is 5.